The van der Waals surface area contributed by atoms with Crippen LogP contribution in [0, 0.1) is 28.4 Å². The van der Waals surface area contributed by atoms with Gasteiger partial charge < -0.3 is 25.0 Å². The van der Waals surface area contributed by atoms with Crippen LogP contribution in [0.25, 0.3) is 32.1 Å². The van der Waals surface area contributed by atoms with Gasteiger partial charge >= 0.3 is 6.01 Å². The summed E-state index contributed by atoms with van der Waals surface area (Å²) in [6.45, 7) is 5.46. The second-order valence-electron chi connectivity index (χ2n) is 13.2. The Hall–Kier alpha value is -3.83. The zero-order valence-electron chi connectivity index (χ0n) is 27.0. The van der Waals surface area contributed by atoms with Crippen LogP contribution < -0.4 is 15.4 Å². The van der Waals surface area contributed by atoms with Crippen molar-refractivity contribution in [2.75, 3.05) is 64.1 Å². The number of nitrogen functional groups attached to an aromatic ring is 1. The van der Waals surface area contributed by atoms with Gasteiger partial charge in [0.15, 0.2) is 5.82 Å². The molecule has 3 aliphatic rings. The lowest BCUT2D eigenvalue weighted by Crippen LogP contribution is -2.65. The van der Waals surface area contributed by atoms with Gasteiger partial charge in [-0.15, -0.1) is 11.3 Å². The van der Waals surface area contributed by atoms with Crippen LogP contribution in [-0.2, 0) is 9.53 Å². The lowest BCUT2D eigenvalue weighted by Gasteiger charge is -2.54. The van der Waals surface area contributed by atoms with Gasteiger partial charge in [-0.3, -0.25) is 9.69 Å². The lowest BCUT2D eigenvalue weighted by molar-refractivity contribution is -0.148. The molecule has 4 aromatic rings. The molecule has 48 heavy (non-hydrogen) atoms. The molecule has 3 aliphatic heterocycles. The van der Waals surface area contributed by atoms with Crippen molar-refractivity contribution in [1.82, 2.24) is 19.8 Å². The van der Waals surface area contributed by atoms with Crippen molar-refractivity contribution in [3.8, 4) is 23.2 Å². The quantitative estimate of drug-likeness (QED) is 0.255. The number of anilines is 2. The zero-order chi connectivity index (χ0) is 33.9. The first kappa shape index (κ1) is 32.7. The monoisotopic (exact) mass is 695 g/mol. The number of fused-ring (bicyclic) bond motifs is 2. The number of methoxy groups -OCH3 is 1. The molecule has 0 bridgehead atoms. The highest BCUT2D eigenvalue weighted by atomic mass is 35.5. The summed E-state index contributed by atoms with van der Waals surface area (Å²) < 4.78 is 43.5. The molecule has 5 heterocycles. The lowest BCUT2D eigenvalue weighted by atomic mass is 9.73. The number of aromatic nitrogens is 2. The molecule has 3 saturated heterocycles. The first-order valence-electron chi connectivity index (χ1n) is 16.0. The highest BCUT2D eigenvalue weighted by Gasteiger charge is 2.48. The van der Waals surface area contributed by atoms with E-state index < -0.39 is 11.6 Å². The molecule has 0 saturated carbocycles. The summed E-state index contributed by atoms with van der Waals surface area (Å²) in [4.78, 5) is 28.1. The predicted octanol–water partition coefficient (Wildman–Crippen LogP) is 5.83. The summed E-state index contributed by atoms with van der Waals surface area (Å²) in [6.07, 6.45) is 3.56. The Morgan fingerprint density at radius 2 is 2.04 bits per heavy atom. The highest BCUT2D eigenvalue weighted by molar-refractivity contribution is 7.23. The van der Waals surface area contributed by atoms with E-state index in [0.29, 0.717) is 37.4 Å². The van der Waals surface area contributed by atoms with E-state index in [4.69, 9.17) is 31.8 Å². The van der Waals surface area contributed by atoms with E-state index in [-0.39, 0.29) is 78.4 Å². The van der Waals surface area contributed by atoms with E-state index in [2.05, 4.69) is 21.8 Å². The number of nitriles is 1. The van der Waals surface area contributed by atoms with Gasteiger partial charge in [0, 0.05) is 61.1 Å². The molecule has 1 amide bonds. The summed E-state index contributed by atoms with van der Waals surface area (Å²) in [5.74, 6) is -0.841. The first-order valence-corrected chi connectivity index (χ1v) is 17.2. The number of benzene rings is 2. The smallest absolute Gasteiger partial charge is 0.319 e. The summed E-state index contributed by atoms with van der Waals surface area (Å²) in [5.41, 5.74) is 6.26. The number of ether oxygens (including phenoxy) is 2. The maximum absolute atomic E-state index is 17.0. The van der Waals surface area contributed by atoms with Crippen LogP contribution in [0.3, 0.4) is 0 Å². The van der Waals surface area contributed by atoms with Crippen molar-refractivity contribution in [3.05, 3.63) is 40.4 Å². The van der Waals surface area contributed by atoms with Crippen LogP contribution in [0.4, 0.5) is 19.6 Å². The van der Waals surface area contributed by atoms with Crippen LogP contribution in [0.5, 0.6) is 6.01 Å². The van der Waals surface area contributed by atoms with E-state index >= 15 is 4.39 Å². The fourth-order valence-electron chi connectivity index (χ4n) is 7.78. The Labute approximate surface area is 286 Å². The van der Waals surface area contributed by atoms with Gasteiger partial charge in [0.1, 0.15) is 40.9 Å². The number of nitrogens with zero attached hydrogens (tertiary/aromatic N) is 6. The minimum absolute atomic E-state index is 0.00527. The fourth-order valence-corrected chi connectivity index (χ4v) is 9.03. The largest absolute Gasteiger partial charge is 0.459 e. The Kier molecular flexibility index (Phi) is 8.56. The molecular weight excluding hydrogens is 660 g/mol. The first-order chi connectivity index (χ1) is 23.0. The Bertz CT molecular complexity index is 1980. The molecule has 1 spiro atoms. The normalized spacial score (nSPS) is 20.0. The number of thiophene rings is 1. The fraction of sp³-hybridized carbons (Fsp3) is 0.471. The number of likely N-dealkylation sites (N-methyl/N-ethyl adjacent to an activating group) is 1. The maximum Gasteiger partial charge on any atom is 0.319 e. The molecule has 7 rings (SSSR count). The molecule has 14 heteroatoms. The van der Waals surface area contributed by atoms with Crippen molar-refractivity contribution in [3.63, 3.8) is 0 Å². The van der Waals surface area contributed by atoms with Crippen molar-refractivity contribution in [1.29, 1.82) is 5.26 Å². The second kappa shape index (κ2) is 12.6. The van der Waals surface area contributed by atoms with E-state index in [1.54, 1.807) is 11.0 Å². The number of hydrogen-bond acceptors (Lipinski definition) is 10. The third-order valence-corrected chi connectivity index (χ3v) is 11.4. The molecule has 252 valence electrons. The average molecular weight is 696 g/mol. The van der Waals surface area contributed by atoms with Crippen molar-refractivity contribution in [2.24, 2.45) is 5.41 Å². The molecule has 10 nitrogen and oxygen atoms in total. The van der Waals surface area contributed by atoms with Gasteiger partial charge in [-0.2, -0.15) is 15.2 Å². The van der Waals surface area contributed by atoms with Gasteiger partial charge in [-0.1, -0.05) is 17.7 Å². The number of carbonyl (C=O) groups excluding carboxylic acids is 1. The molecule has 0 unspecified atom stereocenters. The van der Waals surface area contributed by atoms with E-state index in [1.165, 1.54) is 19.2 Å². The van der Waals surface area contributed by atoms with E-state index in [1.807, 2.05) is 13.0 Å². The highest BCUT2D eigenvalue weighted by Crippen LogP contribution is 2.47. The van der Waals surface area contributed by atoms with E-state index in [0.717, 1.165) is 43.6 Å². The Morgan fingerprint density at radius 1 is 1.25 bits per heavy atom. The van der Waals surface area contributed by atoms with Crippen LogP contribution in [0.2, 0.25) is 5.02 Å². The Balaban J connectivity index is 1.35. The van der Waals surface area contributed by atoms with Gasteiger partial charge in [0.2, 0.25) is 5.91 Å². The summed E-state index contributed by atoms with van der Waals surface area (Å²) in [5, 5.41) is 10.7. The second-order valence-corrected chi connectivity index (χ2v) is 14.7. The van der Waals surface area contributed by atoms with Gasteiger partial charge in [0.05, 0.1) is 15.3 Å². The number of nitrogens with two attached hydrogens (primary N) is 1. The maximum atomic E-state index is 17.0. The number of piperidine rings is 1. The molecular formula is C34H36ClF2N7O3S. The molecule has 0 aliphatic carbocycles. The minimum atomic E-state index is -0.732. The van der Waals surface area contributed by atoms with Gasteiger partial charge in [0.25, 0.3) is 0 Å². The van der Waals surface area contributed by atoms with Gasteiger partial charge in [-0.25, -0.2) is 8.78 Å². The van der Waals surface area contributed by atoms with Crippen LogP contribution in [0.15, 0.2) is 18.2 Å². The molecule has 2 aromatic carbocycles. The number of halogens is 3. The zero-order valence-corrected chi connectivity index (χ0v) is 28.6. The number of likely N-dealkylation sites (tertiary alicyclic amines) is 2. The minimum Gasteiger partial charge on any atom is -0.459 e. The molecule has 2 N–H and O–H groups in total. The standard InChI is InChI=1S/C34H36ClF2N7O3S/c1-18(24-6-4-10-42(24)2)47-33-40-29-20(32(41-33)43-11-5-9-34(15-43)16-44(17-34)25(45)14-46-3)12-22(35)27(28(29)37)19-7-8-23(36)30-26(19)21(13-38)31(39)48-30/h7-8,12,18,24H,4-6,9-11,14-17,39H2,1-3H3/t18-,24-/m0/s1. The SMILES string of the molecule is COCC(=O)N1CC2(CCCN(c3nc(O[C@@H](C)[C@@H]4CCCN4C)nc4c(F)c(-c5ccc(F)c6sc(N)c(C#N)c56)c(Cl)cc34)C2)C1. The van der Waals surface area contributed by atoms with Crippen molar-refractivity contribution < 1.29 is 23.0 Å². The molecule has 2 atom stereocenters. The number of carbonyl (C=O) groups is 1. The third-order valence-electron chi connectivity index (χ3n) is 10.1. The third kappa shape index (κ3) is 5.48. The van der Waals surface area contributed by atoms with E-state index in [9.17, 15) is 14.4 Å². The summed E-state index contributed by atoms with van der Waals surface area (Å²) in [6, 6.07) is 6.52. The number of amides is 1. The van der Waals surface area contributed by atoms with Crippen LogP contribution in [0.1, 0.15) is 38.2 Å². The Morgan fingerprint density at radius 3 is 2.75 bits per heavy atom. The number of rotatable bonds is 7. The number of hydrogen-bond donors (Lipinski definition) is 1. The molecule has 3 fully saturated rings. The van der Waals surface area contributed by atoms with Crippen LogP contribution >= 0.6 is 22.9 Å². The summed E-state index contributed by atoms with van der Waals surface area (Å²) >= 11 is 7.83. The molecule has 2 aromatic heterocycles. The van der Waals surface area contributed by atoms with Crippen molar-refractivity contribution >= 4 is 60.7 Å². The predicted molar refractivity (Wildman–Crippen MR) is 182 cm³/mol. The topological polar surface area (TPSA) is 121 Å². The average Bonchev–Trinajstić information content (AvgIpc) is 3.63. The molecule has 0 radical (unpaired) electrons. The van der Waals surface area contributed by atoms with Crippen molar-refractivity contribution in [2.45, 2.75) is 44.8 Å². The van der Waals surface area contributed by atoms with Gasteiger partial charge in [-0.05, 0) is 63.9 Å². The summed E-state index contributed by atoms with van der Waals surface area (Å²) in [7, 11) is 3.56. The van der Waals surface area contributed by atoms with Crippen LogP contribution in [-0.4, -0.2) is 91.3 Å².